The Morgan fingerprint density at radius 2 is 1.94 bits per heavy atom. The van der Waals surface area contributed by atoms with Crippen molar-refractivity contribution < 1.29 is 13.5 Å². The first-order valence-corrected chi connectivity index (χ1v) is 11.8. The fraction of sp³-hybridized carbons (Fsp3) is 0.481. The number of hydrogen-bond acceptors (Lipinski definition) is 2. The molecule has 1 fully saturated rings. The zero-order chi connectivity index (χ0) is 22.1. The lowest BCUT2D eigenvalue weighted by molar-refractivity contribution is -0.147. The lowest BCUT2D eigenvalue weighted by Gasteiger charge is -2.46. The quantitative estimate of drug-likeness (QED) is 0.442. The molecule has 1 saturated heterocycles. The maximum Gasteiger partial charge on any atom is 0.169 e. The van der Waals surface area contributed by atoms with Gasteiger partial charge in [0.2, 0.25) is 0 Å². The number of nitrogens with zero attached hydrogens (tertiary/aromatic N) is 1. The summed E-state index contributed by atoms with van der Waals surface area (Å²) in [6, 6.07) is 17.3. The van der Waals surface area contributed by atoms with Crippen molar-refractivity contribution in [3.05, 3.63) is 70.9 Å². The first-order valence-electron chi connectivity index (χ1n) is 11.8. The molecule has 5 heteroatoms. The van der Waals surface area contributed by atoms with E-state index in [1.807, 2.05) is 0 Å². The number of alkyl halides is 2. The molecule has 2 aromatic carbocycles. The minimum Gasteiger partial charge on any atom is -0.375 e. The molecule has 3 nitrogen and oxygen atoms in total. The first-order chi connectivity index (χ1) is 15.6. The Hall–Kier alpha value is -2.24. The molecular weight excluding hydrogens is 406 g/mol. The van der Waals surface area contributed by atoms with Crippen LogP contribution in [0.2, 0.25) is 0 Å². The summed E-state index contributed by atoms with van der Waals surface area (Å²) in [5.41, 5.74) is 4.85. The Balaban J connectivity index is 1.53. The molecule has 5 rings (SSSR count). The van der Waals surface area contributed by atoms with Crippen molar-refractivity contribution in [2.24, 2.45) is 0 Å². The third-order valence-electron chi connectivity index (χ3n) is 7.07. The second-order valence-corrected chi connectivity index (χ2v) is 9.58. The van der Waals surface area contributed by atoms with E-state index in [0.717, 1.165) is 31.2 Å². The number of benzene rings is 2. The molecule has 170 valence electrons. The monoisotopic (exact) mass is 438 g/mol. The molecule has 0 amide bonds. The van der Waals surface area contributed by atoms with E-state index in [-0.39, 0.29) is 32.0 Å². The van der Waals surface area contributed by atoms with Crippen LogP contribution in [0.4, 0.5) is 8.78 Å². The number of aryl methyl sites for hydroxylation is 1. The summed E-state index contributed by atoms with van der Waals surface area (Å²) in [5, 5.41) is 1.27. The number of ether oxygens (including phenoxy) is 1. The number of halogens is 2. The summed E-state index contributed by atoms with van der Waals surface area (Å²) in [7, 11) is 0. The number of aromatic nitrogens is 1. The standard InChI is InChI=1S/C27H32F2N2O/c1-19-14-23-22-11-4-5-12-24(22)30-25(23)26(31(19)16-27(29)17-32-18-27)21-10-7-9-20(15-21)8-3-2-6-13-28/h4-5,7,9-12,15,19,26,30H,2-3,6,8,13-14,16-18H2,1H3/t19-,26-/m1/s1. The van der Waals surface area contributed by atoms with Gasteiger partial charge in [-0.25, -0.2) is 4.39 Å². The van der Waals surface area contributed by atoms with Crippen LogP contribution >= 0.6 is 0 Å². The average molecular weight is 439 g/mol. The van der Waals surface area contributed by atoms with Gasteiger partial charge in [0.05, 0.1) is 25.9 Å². The first kappa shape index (κ1) is 21.6. The smallest absolute Gasteiger partial charge is 0.169 e. The molecule has 0 spiro atoms. The zero-order valence-corrected chi connectivity index (χ0v) is 18.7. The Bertz CT molecular complexity index is 1070. The molecule has 2 atom stereocenters. The van der Waals surface area contributed by atoms with Crippen molar-refractivity contribution in [2.75, 3.05) is 26.4 Å². The number of aromatic amines is 1. The molecule has 1 N–H and O–H groups in total. The van der Waals surface area contributed by atoms with Crippen LogP contribution in [-0.4, -0.2) is 48.0 Å². The summed E-state index contributed by atoms with van der Waals surface area (Å²) in [5.74, 6) is 0. The molecule has 3 heterocycles. The van der Waals surface area contributed by atoms with E-state index in [1.165, 1.54) is 27.8 Å². The summed E-state index contributed by atoms with van der Waals surface area (Å²) < 4.78 is 32.9. The number of nitrogens with one attached hydrogen (secondary N) is 1. The van der Waals surface area contributed by atoms with E-state index in [0.29, 0.717) is 13.0 Å². The molecule has 0 unspecified atom stereocenters. The summed E-state index contributed by atoms with van der Waals surface area (Å²) >= 11 is 0. The summed E-state index contributed by atoms with van der Waals surface area (Å²) in [6.45, 7) is 2.69. The summed E-state index contributed by atoms with van der Waals surface area (Å²) in [6.07, 6.45) is 4.36. The van der Waals surface area contributed by atoms with Crippen molar-refractivity contribution in [3.63, 3.8) is 0 Å². The highest BCUT2D eigenvalue weighted by Gasteiger charge is 2.45. The number of para-hydroxylation sites is 1. The van der Waals surface area contributed by atoms with Gasteiger partial charge in [-0.05, 0) is 55.4 Å². The minimum atomic E-state index is -1.28. The highest BCUT2D eigenvalue weighted by molar-refractivity contribution is 5.85. The van der Waals surface area contributed by atoms with Crippen LogP contribution in [0, 0.1) is 0 Å². The minimum absolute atomic E-state index is 0.0276. The lowest BCUT2D eigenvalue weighted by Crippen LogP contribution is -2.57. The molecule has 0 radical (unpaired) electrons. The maximum absolute atomic E-state index is 15.2. The highest BCUT2D eigenvalue weighted by Crippen LogP contribution is 2.42. The van der Waals surface area contributed by atoms with Gasteiger partial charge in [0, 0.05) is 29.2 Å². The van der Waals surface area contributed by atoms with E-state index in [1.54, 1.807) is 0 Å². The van der Waals surface area contributed by atoms with Crippen molar-refractivity contribution >= 4 is 10.9 Å². The van der Waals surface area contributed by atoms with Crippen LogP contribution in [0.5, 0.6) is 0 Å². The van der Waals surface area contributed by atoms with E-state index in [2.05, 4.69) is 65.3 Å². The van der Waals surface area contributed by atoms with Gasteiger partial charge >= 0.3 is 0 Å². The van der Waals surface area contributed by atoms with Gasteiger partial charge in [-0.15, -0.1) is 0 Å². The number of H-pyrrole nitrogens is 1. The number of rotatable bonds is 8. The average Bonchev–Trinajstić information content (AvgIpc) is 3.14. The molecule has 0 bridgehead atoms. The molecule has 2 aliphatic heterocycles. The van der Waals surface area contributed by atoms with Crippen LogP contribution in [0.15, 0.2) is 48.5 Å². The maximum atomic E-state index is 15.2. The Labute approximate surface area is 188 Å². The van der Waals surface area contributed by atoms with Crippen LogP contribution < -0.4 is 0 Å². The molecule has 0 aliphatic carbocycles. The second-order valence-electron chi connectivity index (χ2n) is 9.58. The van der Waals surface area contributed by atoms with Crippen LogP contribution in [-0.2, 0) is 17.6 Å². The van der Waals surface area contributed by atoms with Crippen LogP contribution in [0.25, 0.3) is 10.9 Å². The van der Waals surface area contributed by atoms with Crippen molar-refractivity contribution in [1.82, 2.24) is 9.88 Å². The van der Waals surface area contributed by atoms with Gasteiger partial charge in [-0.1, -0.05) is 48.9 Å². The lowest BCUT2D eigenvalue weighted by atomic mass is 9.86. The third-order valence-corrected chi connectivity index (χ3v) is 7.07. The highest BCUT2D eigenvalue weighted by atomic mass is 19.1. The normalized spacial score (nSPS) is 22.6. The fourth-order valence-electron chi connectivity index (χ4n) is 5.37. The van der Waals surface area contributed by atoms with Gasteiger partial charge in [-0.2, -0.15) is 0 Å². The third kappa shape index (κ3) is 4.08. The number of hydrogen-bond donors (Lipinski definition) is 1. The zero-order valence-electron chi connectivity index (χ0n) is 18.7. The molecule has 1 aromatic heterocycles. The Kier molecular flexibility index (Phi) is 6.04. The predicted octanol–water partition coefficient (Wildman–Crippen LogP) is 5.92. The van der Waals surface area contributed by atoms with E-state index in [9.17, 15) is 4.39 Å². The second kappa shape index (κ2) is 8.95. The summed E-state index contributed by atoms with van der Waals surface area (Å²) in [4.78, 5) is 6.00. The molecular formula is C27H32F2N2O. The van der Waals surface area contributed by atoms with Crippen molar-refractivity contribution in [2.45, 2.75) is 56.8 Å². The van der Waals surface area contributed by atoms with Crippen LogP contribution in [0.3, 0.4) is 0 Å². The van der Waals surface area contributed by atoms with Gasteiger partial charge in [0.15, 0.2) is 5.67 Å². The van der Waals surface area contributed by atoms with Crippen molar-refractivity contribution in [1.29, 1.82) is 0 Å². The molecule has 0 saturated carbocycles. The predicted molar refractivity (Wildman–Crippen MR) is 125 cm³/mol. The fourth-order valence-corrected chi connectivity index (χ4v) is 5.37. The van der Waals surface area contributed by atoms with Gasteiger partial charge in [0.1, 0.15) is 0 Å². The Morgan fingerprint density at radius 3 is 2.72 bits per heavy atom. The Morgan fingerprint density at radius 1 is 1.09 bits per heavy atom. The van der Waals surface area contributed by atoms with Gasteiger partial charge in [-0.3, -0.25) is 9.29 Å². The molecule has 32 heavy (non-hydrogen) atoms. The van der Waals surface area contributed by atoms with E-state index in [4.69, 9.17) is 4.74 Å². The SMILES string of the molecule is C[C@@H]1Cc2c([nH]c3ccccc23)[C@@H](c2cccc(CCCCCF)c2)N1CC1(F)COC1. The van der Waals surface area contributed by atoms with Gasteiger partial charge in [0.25, 0.3) is 0 Å². The molecule has 3 aromatic rings. The number of unbranched alkanes of at least 4 members (excludes halogenated alkanes) is 2. The number of fused-ring (bicyclic) bond motifs is 3. The molecule has 2 aliphatic rings. The van der Waals surface area contributed by atoms with Crippen molar-refractivity contribution in [3.8, 4) is 0 Å². The van der Waals surface area contributed by atoms with Crippen LogP contribution in [0.1, 0.15) is 54.6 Å². The van der Waals surface area contributed by atoms with E-state index >= 15 is 4.39 Å². The van der Waals surface area contributed by atoms with E-state index < -0.39 is 5.67 Å². The largest absolute Gasteiger partial charge is 0.375 e. The van der Waals surface area contributed by atoms with Gasteiger partial charge < -0.3 is 9.72 Å². The topological polar surface area (TPSA) is 28.3 Å².